The van der Waals surface area contributed by atoms with Crippen molar-refractivity contribution in [1.29, 1.82) is 0 Å². The first-order valence-corrected chi connectivity index (χ1v) is 14.9. The summed E-state index contributed by atoms with van der Waals surface area (Å²) in [5.74, 6) is 0.612. The van der Waals surface area contributed by atoms with E-state index in [1.165, 1.54) is 4.88 Å². The zero-order valence-electron chi connectivity index (χ0n) is 20.3. The van der Waals surface area contributed by atoms with E-state index in [1.54, 1.807) is 52.3 Å². The summed E-state index contributed by atoms with van der Waals surface area (Å²) in [6, 6.07) is 11.1. The monoisotopic (exact) mass is 546 g/mol. The lowest BCUT2D eigenvalue weighted by atomic mass is 10.1. The second-order valence-electron chi connectivity index (χ2n) is 9.36. The van der Waals surface area contributed by atoms with E-state index in [0.717, 1.165) is 61.8 Å². The van der Waals surface area contributed by atoms with Gasteiger partial charge in [-0.25, -0.2) is 13.4 Å². The third-order valence-corrected chi connectivity index (χ3v) is 10.1. The number of likely N-dealkylation sites (tertiary alicyclic amines) is 1. The first-order chi connectivity index (χ1) is 17.4. The minimum Gasteiger partial charge on any atom is -0.339 e. The Morgan fingerprint density at radius 3 is 2.44 bits per heavy atom. The van der Waals surface area contributed by atoms with Gasteiger partial charge in [0.2, 0.25) is 10.0 Å². The van der Waals surface area contributed by atoms with Gasteiger partial charge in [0, 0.05) is 48.7 Å². The van der Waals surface area contributed by atoms with Gasteiger partial charge in [-0.3, -0.25) is 9.88 Å². The number of likely N-dealkylation sites (N-methyl/N-ethyl adjacent to an activating group) is 1. The summed E-state index contributed by atoms with van der Waals surface area (Å²) in [6.07, 6.45) is 5.53. The summed E-state index contributed by atoms with van der Waals surface area (Å²) in [7, 11) is -1.48. The van der Waals surface area contributed by atoms with E-state index in [-0.39, 0.29) is 0 Å². The van der Waals surface area contributed by atoms with Gasteiger partial charge < -0.3 is 10.2 Å². The third-order valence-electron chi connectivity index (χ3n) is 6.67. The van der Waals surface area contributed by atoms with Crippen LogP contribution in [-0.4, -0.2) is 84.2 Å². The number of alkyl halides is 1. The molecular weight excluding hydrogens is 516 g/mol. The molecule has 1 N–H and O–H groups in total. The van der Waals surface area contributed by atoms with Crippen molar-refractivity contribution >= 4 is 44.5 Å². The zero-order chi connectivity index (χ0) is 25.1. The minimum atomic E-state index is -3.49. The number of rotatable bonds is 7. The van der Waals surface area contributed by atoms with Crippen LogP contribution in [0.4, 0.5) is 11.5 Å². The SMILES string of the molecule is CN1CCN(S(=O)(=O)c2ccc(Nc3cncc(-c4ccc(CN5CCC(Cl)CC5)s4)n3)cc2)CC1. The van der Waals surface area contributed by atoms with E-state index in [9.17, 15) is 8.42 Å². The van der Waals surface area contributed by atoms with Crippen molar-refractivity contribution < 1.29 is 8.42 Å². The molecule has 0 bridgehead atoms. The largest absolute Gasteiger partial charge is 0.339 e. The molecule has 192 valence electrons. The first-order valence-electron chi connectivity index (χ1n) is 12.2. The molecule has 0 unspecified atom stereocenters. The molecule has 0 aliphatic carbocycles. The smallest absolute Gasteiger partial charge is 0.243 e. The number of nitrogens with zero attached hydrogens (tertiary/aromatic N) is 5. The molecule has 0 spiro atoms. The highest BCUT2D eigenvalue weighted by molar-refractivity contribution is 7.89. The predicted molar refractivity (Wildman–Crippen MR) is 145 cm³/mol. The highest BCUT2D eigenvalue weighted by Gasteiger charge is 2.27. The summed E-state index contributed by atoms with van der Waals surface area (Å²) in [6.45, 7) is 5.52. The molecule has 3 aromatic rings. The van der Waals surface area contributed by atoms with Crippen molar-refractivity contribution in [3.05, 3.63) is 53.7 Å². The Hall–Kier alpha value is -2.08. The number of hydrogen-bond acceptors (Lipinski definition) is 8. The number of nitrogens with one attached hydrogen (secondary N) is 1. The zero-order valence-corrected chi connectivity index (χ0v) is 22.7. The minimum absolute atomic E-state index is 0.304. The van der Waals surface area contributed by atoms with E-state index in [2.05, 4.69) is 32.2 Å². The highest BCUT2D eigenvalue weighted by Crippen LogP contribution is 2.29. The molecule has 8 nitrogen and oxygen atoms in total. The molecule has 2 aromatic heterocycles. The van der Waals surface area contributed by atoms with Crippen molar-refractivity contribution in [3.8, 4) is 10.6 Å². The lowest BCUT2D eigenvalue weighted by Gasteiger charge is -2.31. The summed E-state index contributed by atoms with van der Waals surface area (Å²) in [5, 5.41) is 3.56. The average Bonchev–Trinajstić information content (AvgIpc) is 3.35. The van der Waals surface area contributed by atoms with Crippen molar-refractivity contribution in [2.75, 3.05) is 51.6 Å². The van der Waals surface area contributed by atoms with Crippen LogP contribution in [0.3, 0.4) is 0 Å². The van der Waals surface area contributed by atoms with Gasteiger partial charge >= 0.3 is 0 Å². The van der Waals surface area contributed by atoms with E-state index < -0.39 is 10.0 Å². The predicted octanol–water partition coefficient (Wildman–Crippen LogP) is 4.09. The Labute approximate surface area is 222 Å². The van der Waals surface area contributed by atoms with Gasteiger partial charge in [-0.15, -0.1) is 22.9 Å². The summed E-state index contributed by atoms with van der Waals surface area (Å²) in [4.78, 5) is 16.4. The first kappa shape index (κ1) is 25.6. The van der Waals surface area contributed by atoms with Crippen LogP contribution in [-0.2, 0) is 16.6 Å². The standard InChI is InChI=1S/C25H31ClN6O2S2/c1-30-12-14-32(15-13-30)36(33,34)22-5-2-20(3-6-22)28-25-17-27-16-23(29-25)24-7-4-21(35-24)18-31-10-8-19(26)9-11-31/h2-7,16-17,19H,8-15,18H2,1H3,(H,28,29). The number of piperidine rings is 1. The van der Waals surface area contributed by atoms with E-state index in [4.69, 9.17) is 16.6 Å². The topological polar surface area (TPSA) is 81.7 Å². The number of hydrogen-bond donors (Lipinski definition) is 1. The van der Waals surface area contributed by atoms with Gasteiger partial charge in [-0.05, 0) is 69.4 Å². The highest BCUT2D eigenvalue weighted by atomic mass is 35.5. The van der Waals surface area contributed by atoms with Crippen molar-refractivity contribution in [3.63, 3.8) is 0 Å². The molecule has 11 heteroatoms. The normalized spacial score (nSPS) is 18.9. The molecule has 2 aliphatic rings. The molecule has 4 heterocycles. The number of thiophene rings is 1. The van der Waals surface area contributed by atoms with Crippen molar-refractivity contribution in [2.45, 2.75) is 29.7 Å². The van der Waals surface area contributed by atoms with Crippen LogP contribution in [0.5, 0.6) is 0 Å². The van der Waals surface area contributed by atoms with Crippen LogP contribution >= 0.6 is 22.9 Å². The molecule has 0 radical (unpaired) electrons. The van der Waals surface area contributed by atoms with Crippen LogP contribution in [0.15, 0.2) is 53.7 Å². The number of halogens is 1. The molecule has 0 atom stereocenters. The average molecular weight is 547 g/mol. The Balaban J connectivity index is 1.23. The molecule has 0 saturated carbocycles. The van der Waals surface area contributed by atoms with Crippen LogP contribution in [0.1, 0.15) is 17.7 Å². The van der Waals surface area contributed by atoms with Crippen molar-refractivity contribution in [1.82, 2.24) is 24.1 Å². The second kappa shape index (κ2) is 11.1. The molecule has 1 aromatic carbocycles. The quantitative estimate of drug-likeness (QED) is 0.447. The van der Waals surface area contributed by atoms with E-state index >= 15 is 0 Å². The fourth-order valence-corrected chi connectivity index (χ4v) is 7.08. The van der Waals surface area contributed by atoms with E-state index in [1.807, 2.05) is 7.05 Å². The second-order valence-corrected chi connectivity index (χ2v) is 13.1. The van der Waals surface area contributed by atoms with Crippen LogP contribution in [0.25, 0.3) is 10.6 Å². The summed E-state index contributed by atoms with van der Waals surface area (Å²) in [5.41, 5.74) is 1.57. The summed E-state index contributed by atoms with van der Waals surface area (Å²) < 4.78 is 27.5. The van der Waals surface area contributed by atoms with Gasteiger partial charge in [0.05, 0.1) is 22.2 Å². The number of anilines is 2. The number of piperazine rings is 1. The van der Waals surface area contributed by atoms with Gasteiger partial charge in [-0.1, -0.05) is 0 Å². The maximum Gasteiger partial charge on any atom is 0.243 e. The Morgan fingerprint density at radius 1 is 1.00 bits per heavy atom. The fourth-order valence-electron chi connectivity index (χ4n) is 4.46. The van der Waals surface area contributed by atoms with Gasteiger partial charge in [0.15, 0.2) is 0 Å². The Kier molecular flexibility index (Phi) is 7.90. The van der Waals surface area contributed by atoms with Crippen LogP contribution in [0, 0.1) is 0 Å². The molecule has 2 saturated heterocycles. The van der Waals surface area contributed by atoms with Crippen LogP contribution < -0.4 is 5.32 Å². The molecule has 2 aliphatic heterocycles. The maximum atomic E-state index is 13.0. The van der Waals surface area contributed by atoms with Crippen molar-refractivity contribution in [2.24, 2.45) is 0 Å². The molecule has 5 rings (SSSR count). The molecule has 36 heavy (non-hydrogen) atoms. The van der Waals surface area contributed by atoms with E-state index in [0.29, 0.717) is 29.2 Å². The lowest BCUT2D eigenvalue weighted by molar-refractivity contribution is 0.222. The number of sulfonamides is 1. The Morgan fingerprint density at radius 2 is 1.72 bits per heavy atom. The third kappa shape index (κ3) is 6.07. The maximum absolute atomic E-state index is 13.0. The lowest BCUT2D eigenvalue weighted by Crippen LogP contribution is -2.46. The van der Waals surface area contributed by atoms with Gasteiger partial charge in [-0.2, -0.15) is 4.31 Å². The Bertz CT molecular complexity index is 1270. The molecule has 2 fully saturated rings. The summed E-state index contributed by atoms with van der Waals surface area (Å²) >= 11 is 7.97. The van der Waals surface area contributed by atoms with Gasteiger partial charge in [0.25, 0.3) is 0 Å². The fraction of sp³-hybridized carbons (Fsp3) is 0.440. The number of benzene rings is 1. The molecule has 0 amide bonds. The van der Waals surface area contributed by atoms with Gasteiger partial charge in [0.1, 0.15) is 11.5 Å². The number of aromatic nitrogens is 2. The van der Waals surface area contributed by atoms with Crippen LogP contribution in [0.2, 0.25) is 0 Å². The molecular formula is C25H31ClN6O2S2.